The lowest BCUT2D eigenvalue weighted by Crippen LogP contribution is -2.49. The molecule has 0 radical (unpaired) electrons. The van der Waals surface area contributed by atoms with Crippen LogP contribution in [0.3, 0.4) is 0 Å². The summed E-state index contributed by atoms with van der Waals surface area (Å²) in [5.74, 6) is -0.542. The molecule has 2 atom stereocenters. The van der Waals surface area contributed by atoms with Gasteiger partial charge in [-0.3, -0.25) is 4.90 Å². The summed E-state index contributed by atoms with van der Waals surface area (Å²) >= 11 is 1.50. The Hall–Kier alpha value is -1.83. The molecule has 0 saturated carbocycles. The smallest absolute Gasteiger partial charge is 0.327 e. The van der Waals surface area contributed by atoms with E-state index in [1.807, 2.05) is 6.92 Å². The van der Waals surface area contributed by atoms with Gasteiger partial charge in [-0.25, -0.2) is 19.6 Å². The number of aromatic nitrogens is 2. The van der Waals surface area contributed by atoms with Crippen molar-refractivity contribution in [2.45, 2.75) is 31.3 Å². The monoisotopic (exact) mass is 296 g/mol. The Labute approximate surface area is 120 Å². The Morgan fingerprint density at radius 2 is 2.40 bits per heavy atom. The number of carbonyl (C=O) groups excluding carboxylic acids is 1. The van der Waals surface area contributed by atoms with E-state index in [1.165, 1.54) is 23.0 Å². The van der Waals surface area contributed by atoms with Gasteiger partial charge >= 0.3 is 12.0 Å². The summed E-state index contributed by atoms with van der Waals surface area (Å²) in [5.41, 5.74) is 0.681. The number of hydrogen-bond acceptors (Lipinski definition) is 5. The molecular formula is C12H16N4O3S. The van der Waals surface area contributed by atoms with Crippen molar-refractivity contribution in [2.24, 2.45) is 0 Å². The lowest BCUT2D eigenvalue weighted by atomic mass is 10.3. The van der Waals surface area contributed by atoms with Gasteiger partial charge in [0.2, 0.25) is 0 Å². The highest BCUT2D eigenvalue weighted by Crippen LogP contribution is 2.31. The van der Waals surface area contributed by atoms with Crippen molar-refractivity contribution in [3.05, 3.63) is 24.3 Å². The first-order valence-electron chi connectivity index (χ1n) is 6.29. The van der Waals surface area contributed by atoms with Gasteiger partial charge in [0, 0.05) is 11.9 Å². The van der Waals surface area contributed by atoms with Crippen molar-refractivity contribution in [2.75, 3.05) is 5.75 Å². The zero-order valence-electron chi connectivity index (χ0n) is 11.0. The summed E-state index contributed by atoms with van der Waals surface area (Å²) in [4.78, 5) is 32.6. The second-order valence-corrected chi connectivity index (χ2v) is 5.53. The molecule has 8 heteroatoms. The third kappa shape index (κ3) is 3.19. The van der Waals surface area contributed by atoms with E-state index in [0.29, 0.717) is 11.4 Å². The molecule has 1 aliphatic rings. The zero-order valence-corrected chi connectivity index (χ0v) is 11.8. The van der Waals surface area contributed by atoms with Crippen LogP contribution in [-0.2, 0) is 11.3 Å². The fourth-order valence-corrected chi connectivity index (χ4v) is 3.37. The Bertz CT molecular complexity index is 485. The molecule has 20 heavy (non-hydrogen) atoms. The number of aliphatic carboxylic acids is 1. The largest absolute Gasteiger partial charge is 0.480 e. The fraction of sp³-hybridized carbons (Fsp3) is 0.500. The number of nitrogens with zero attached hydrogens (tertiary/aromatic N) is 3. The molecule has 1 saturated heterocycles. The van der Waals surface area contributed by atoms with Crippen LogP contribution < -0.4 is 5.32 Å². The Kier molecular flexibility index (Phi) is 4.78. The van der Waals surface area contributed by atoms with Crippen LogP contribution in [0.2, 0.25) is 0 Å². The normalized spacial score (nSPS) is 21.8. The number of carboxylic acids is 1. The van der Waals surface area contributed by atoms with Crippen LogP contribution in [0.25, 0.3) is 0 Å². The van der Waals surface area contributed by atoms with Crippen LogP contribution in [0.5, 0.6) is 0 Å². The minimum atomic E-state index is -0.967. The van der Waals surface area contributed by atoms with E-state index in [-0.39, 0.29) is 17.9 Å². The first-order valence-corrected chi connectivity index (χ1v) is 7.33. The minimum absolute atomic E-state index is 0.0958. The first-order chi connectivity index (χ1) is 9.63. The van der Waals surface area contributed by atoms with E-state index in [0.717, 1.165) is 6.42 Å². The number of carboxylic acid groups (broad SMARTS) is 1. The van der Waals surface area contributed by atoms with Crippen LogP contribution in [0, 0.1) is 0 Å². The van der Waals surface area contributed by atoms with Gasteiger partial charge in [0.25, 0.3) is 0 Å². The molecule has 1 aromatic heterocycles. The van der Waals surface area contributed by atoms with E-state index >= 15 is 0 Å². The molecule has 2 heterocycles. The van der Waals surface area contributed by atoms with Gasteiger partial charge in [-0.15, -0.1) is 11.8 Å². The Balaban J connectivity index is 2.00. The van der Waals surface area contributed by atoms with Gasteiger partial charge in [-0.1, -0.05) is 6.92 Å². The van der Waals surface area contributed by atoms with Crippen molar-refractivity contribution in [3.8, 4) is 0 Å². The maximum Gasteiger partial charge on any atom is 0.327 e. The summed E-state index contributed by atoms with van der Waals surface area (Å²) < 4.78 is 0. The van der Waals surface area contributed by atoms with Gasteiger partial charge in [-0.05, 0) is 12.5 Å². The molecule has 2 rings (SSSR count). The zero-order chi connectivity index (χ0) is 14.5. The van der Waals surface area contributed by atoms with Crippen molar-refractivity contribution in [3.63, 3.8) is 0 Å². The van der Waals surface area contributed by atoms with Crippen molar-refractivity contribution in [1.82, 2.24) is 20.2 Å². The second-order valence-electron chi connectivity index (χ2n) is 4.32. The van der Waals surface area contributed by atoms with E-state index < -0.39 is 12.0 Å². The average Bonchev–Trinajstić information content (AvgIpc) is 2.90. The topological polar surface area (TPSA) is 95.4 Å². The Morgan fingerprint density at radius 1 is 1.60 bits per heavy atom. The molecule has 0 aliphatic carbocycles. The Morgan fingerprint density at radius 3 is 3.00 bits per heavy atom. The standard InChI is InChI=1S/C12H16N4O3S/c1-2-10-16(9(6-20-10)11(17)18)12(19)14-5-8-3-4-13-7-15-8/h3-4,7,9-10H,2,5-6H2,1H3,(H,14,19)(H,17,18). The molecule has 0 aromatic carbocycles. The number of thioether (sulfide) groups is 1. The van der Waals surface area contributed by atoms with Crippen LogP contribution >= 0.6 is 11.8 Å². The van der Waals surface area contributed by atoms with Crippen molar-refractivity contribution < 1.29 is 14.7 Å². The highest BCUT2D eigenvalue weighted by Gasteiger charge is 2.40. The number of urea groups is 1. The molecule has 7 nitrogen and oxygen atoms in total. The molecule has 0 spiro atoms. The van der Waals surface area contributed by atoms with Gasteiger partial charge in [-0.2, -0.15) is 0 Å². The summed E-state index contributed by atoms with van der Waals surface area (Å²) in [6, 6.07) is 0.563. The SMILES string of the molecule is CCC1SCC(C(=O)O)N1C(=O)NCc1ccncn1. The van der Waals surface area contributed by atoms with E-state index in [4.69, 9.17) is 0 Å². The summed E-state index contributed by atoms with van der Waals surface area (Å²) in [6.07, 6.45) is 3.71. The van der Waals surface area contributed by atoms with Gasteiger partial charge in [0.05, 0.1) is 17.6 Å². The van der Waals surface area contributed by atoms with E-state index in [9.17, 15) is 14.7 Å². The average molecular weight is 296 g/mol. The molecule has 1 fully saturated rings. The summed E-state index contributed by atoms with van der Waals surface area (Å²) in [6.45, 7) is 2.19. The third-order valence-electron chi connectivity index (χ3n) is 3.03. The number of amides is 2. The predicted octanol–water partition coefficient (Wildman–Crippen LogP) is 0.924. The van der Waals surface area contributed by atoms with E-state index in [2.05, 4.69) is 15.3 Å². The van der Waals surface area contributed by atoms with Gasteiger partial charge in [0.1, 0.15) is 12.4 Å². The molecule has 2 N–H and O–H groups in total. The number of carbonyl (C=O) groups is 2. The molecule has 1 aromatic rings. The van der Waals surface area contributed by atoms with Crippen LogP contribution in [0.15, 0.2) is 18.6 Å². The van der Waals surface area contributed by atoms with Gasteiger partial charge in [0.15, 0.2) is 0 Å². The third-order valence-corrected chi connectivity index (χ3v) is 4.48. The summed E-state index contributed by atoms with van der Waals surface area (Å²) in [5, 5.41) is 11.8. The highest BCUT2D eigenvalue weighted by atomic mass is 32.2. The van der Waals surface area contributed by atoms with Crippen molar-refractivity contribution >= 4 is 23.8 Å². The molecule has 0 bridgehead atoms. The second kappa shape index (κ2) is 6.56. The summed E-state index contributed by atoms with van der Waals surface area (Å²) in [7, 11) is 0. The first kappa shape index (κ1) is 14.6. The lowest BCUT2D eigenvalue weighted by Gasteiger charge is -2.26. The molecule has 2 unspecified atom stereocenters. The highest BCUT2D eigenvalue weighted by molar-refractivity contribution is 8.00. The lowest BCUT2D eigenvalue weighted by molar-refractivity contribution is -0.141. The van der Waals surface area contributed by atoms with E-state index in [1.54, 1.807) is 12.3 Å². The maximum absolute atomic E-state index is 12.2. The van der Waals surface area contributed by atoms with Crippen LogP contribution in [0.1, 0.15) is 19.0 Å². The number of hydrogen-bond donors (Lipinski definition) is 2. The molecule has 1 aliphatic heterocycles. The van der Waals surface area contributed by atoms with Gasteiger partial charge < -0.3 is 10.4 Å². The maximum atomic E-state index is 12.2. The minimum Gasteiger partial charge on any atom is -0.480 e. The van der Waals surface area contributed by atoms with Crippen molar-refractivity contribution in [1.29, 1.82) is 0 Å². The quantitative estimate of drug-likeness (QED) is 0.858. The number of nitrogens with one attached hydrogen (secondary N) is 1. The van der Waals surface area contributed by atoms with Crippen LogP contribution in [-0.4, -0.2) is 49.1 Å². The molecular weight excluding hydrogens is 280 g/mol. The molecule has 2 amide bonds. The fourth-order valence-electron chi connectivity index (χ4n) is 2.02. The number of rotatable bonds is 4. The van der Waals surface area contributed by atoms with Crippen LogP contribution in [0.4, 0.5) is 4.79 Å². The predicted molar refractivity (Wildman–Crippen MR) is 74.1 cm³/mol. The molecule has 108 valence electrons.